The van der Waals surface area contributed by atoms with Crippen LogP contribution in [0.4, 0.5) is 5.82 Å². The van der Waals surface area contributed by atoms with Crippen LogP contribution in [0.15, 0.2) is 85.7 Å². The molecule has 0 fully saturated rings. The third-order valence-corrected chi connectivity index (χ3v) is 4.92. The Morgan fingerprint density at radius 1 is 1.03 bits per heavy atom. The maximum atomic E-state index is 11.1. The number of ether oxygens (including phenoxy) is 2. The van der Waals surface area contributed by atoms with Crippen LogP contribution in [0.3, 0.4) is 0 Å². The molecule has 6 heteroatoms. The summed E-state index contributed by atoms with van der Waals surface area (Å²) in [4.78, 5) is 8.75. The first-order valence-corrected chi connectivity index (χ1v) is 9.87. The van der Waals surface area contributed by atoms with Gasteiger partial charge in [0.15, 0.2) is 11.5 Å². The molecule has 0 spiro atoms. The molecule has 2 aromatic carbocycles. The summed E-state index contributed by atoms with van der Waals surface area (Å²) in [6, 6.07) is 18.5. The number of aromatic nitrogens is 2. The molecule has 0 unspecified atom stereocenters. The van der Waals surface area contributed by atoms with Crippen molar-refractivity contribution in [3.05, 3.63) is 96.8 Å². The van der Waals surface area contributed by atoms with Crippen molar-refractivity contribution in [3.63, 3.8) is 0 Å². The summed E-state index contributed by atoms with van der Waals surface area (Å²) in [5.41, 5.74) is 2.10. The third kappa shape index (κ3) is 4.28. The number of benzene rings is 2. The number of rotatable bonds is 8. The first-order valence-electron chi connectivity index (χ1n) is 9.87. The predicted octanol–water partition coefficient (Wildman–Crippen LogP) is 5.11. The largest absolute Gasteiger partial charge is 0.505 e. The average molecular weight is 413 g/mol. The van der Waals surface area contributed by atoms with Crippen LogP contribution >= 0.6 is 0 Å². The number of hydrogen-bond acceptors (Lipinski definition) is 6. The number of aromatic hydroxyl groups is 1. The van der Waals surface area contributed by atoms with Crippen molar-refractivity contribution in [1.29, 1.82) is 0 Å². The number of phenolic OH excluding ortho intramolecular Hbond substituents is 1. The molecular formula is C25H23N3O3. The predicted molar refractivity (Wildman–Crippen MR) is 122 cm³/mol. The van der Waals surface area contributed by atoms with E-state index in [1.165, 1.54) is 0 Å². The smallest absolute Gasteiger partial charge is 0.161 e. The van der Waals surface area contributed by atoms with Gasteiger partial charge in [0.05, 0.1) is 13.2 Å². The van der Waals surface area contributed by atoms with Crippen molar-refractivity contribution in [1.82, 2.24) is 9.97 Å². The van der Waals surface area contributed by atoms with E-state index in [4.69, 9.17) is 9.47 Å². The second-order valence-electron chi connectivity index (χ2n) is 6.88. The van der Waals surface area contributed by atoms with Crippen LogP contribution < -0.4 is 14.8 Å². The molecule has 156 valence electrons. The molecule has 0 saturated heterocycles. The van der Waals surface area contributed by atoms with Crippen LogP contribution in [0.5, 0.6) is 17.2 Å². The van der Waals surface area contributed by atoms with Crippen molar-refractivity contribution in [2.45, 2.75) is 6.04 Å². The van der Waals surface area contributed by atoms with Gasteiger partial charge in [-0.3, -0.25) is 4.98 Å². The number of pyridine rings is 2. The topological polar surface area (TPSA) is 76.5 Å². The molecule has 0 aliphatic carbocycles. The van der Waals surface area contributed by atoms with Crippen LogP contribution in [-0.4, -0.2) is 28.8 Å². The van der Waals surface area contributed by atoms with Gasteiger partial charge >= 0.3 is 0 Å². The van der Waals surface area contributed by atoms with Crippen molar-refractivity contribution in [2.75, 3.05) is 19.0 Å². The number of methoxy groups -OCH3 is 1. The summed E-state index contributed by atoms with van der Waals surface area (Å²) in [7, 11) is 1.60. The van der Waals surface area contributed by atoms with E-state index >= 15 is 0 Å². The Hall–Kier alpha value is -4.06. The van der Waals surface area contributed by atoms with Gasteiger partial charge in [0.25, 0.3) is 0 Å². The lowest BCUT2D eigenvalue weighted by molar-refractivity contribution is 0.326. The van der Waals surface area contributed by atoms with Crippen molar-refractivity contribution in [3.8, 4) is 17.2 Å². The fourth-order valence-corrected chi connectivity index (χ4v) is 3.45. The molecule has 0 saturated carbocycles. The van der Waals surface area contributed by atoms with Gasteiger partial charge in [-0.05, 0) is 35.9 Å². The van der Waals surface area contributed by atoms with Crippen molar-refractivity contribution < 1.29 is 14.6 Å². The minimum atomic E-state index is -0.399. The van der Waals surface area contributed by atoms with E-state index < -0.39 is 6.04 Å². The van der Waals surface area contributed by atoms with E-state index in [-0.39, 0.29) is 5.75 Å². The van der Waals surface area contributed by atoms with Gasteiger partial charge in [-0.2, -0.15) is 0 Å². The van der Waals surface area contributed by atoms with Crippen LogP contribution in [0.25, 0.3) is 10.9 Å². The van der Waals surface area contributed by atoms with E-state index in [0.29, 0.717) is 35.0 Å². The van der Waals surface area contributed by atoms with Gasteiger partial charge in [-0.15, -0.1) is 0 Å². The SMILES string of the molecule is C=CCOc1ccc([C@H](Nc2ccccn2)c2ccc3cccnc3c2O)cc1OC. The Balaban J connectivity index is 1.82. The minimum absolute atomic E-state index is 0.123. The maximum absolute atomic E-state index is 11.1. The molecule has 0 aliphatic heterocycles. The molecule has 0 bridgehead atoms. The van der Waals surface area contributed by atoms with E-state index in [1.807, 2.05) is 60.7 Å². The fourth-order valence-electron chi connectivity index (χ4n) is 3.45. The third-order valence-electron chi connectivity index (χ3n) is 4.92. The zero-order chi connectivity index (χ0) is 21.6. The Morgan fingerprint density at radius 3 is 2.68 bits per heavy atom. The number of nitrogens with one attached hydrogen (secondary N) is 1. The standard InChI is InChI=1S/C25H23N3O3/c1-3-15-31-20-12-10-18(16-21(20)30-2)23(28-22-8-4-5-13-26-22)19-11-9-17-7-6-14-27-24(17)25(19)29/h3-14,16,23,29H,1,15H2,2H3,(H,26,28)/t23-/m0/s1. The maximum Gasteiger partial charge on any atom is 0.161 e. The number of hydrogen-bond donors (Lipinski definition) is 2. The summed E-state index contributed by atoms with van der Waals surface area (Å²) in [6.45, 7) is 4.06. The molecule has 0 aliphatic rings. The molecule has 0 amide bonds. The average Bonchev–Trinajstić information content (AvgIpc) is 2.82. The Bertz CT molecular complexity index is 1200. The molecule has 31 heavy (non-hydrogen) atoms. The molecule has 4 rings (SSSR count). The molecule has 4 aromatic rings. The lowest BCUT2D eigenvalue weighted by atomic mass is 9.95. The molecule has 2 N–H and O–H groups in total. The van der Waals surface area contributed by atoms with Crippen molar-refractivity contribution in [2.24, 2.45) is 0 Å². The number of phenols is 1. The zero-order valence-electron chi connectivity index (χ0n) is 17.2. The second kappa shape index (κ2) is 9.17. The molecule has 6 nitrogen and oxygen atoms in total. The zero-order valence-corrected chi connectivity index (χ0v) is 17.2. The highest BCUT2D eigenvalue weighted by Crippen LogP contribution is 2.39. The van der Waals surface area contributed by atoms with Crippen LogP contribution in [0, 0.1) is 0 Å². The lowest BCUT2D eigenvalue weighted by Crippen LogP contribution is -2.14. The van der Waals surface area contributed by atoms with Crippen LogP contribution in [0.1, 0.15) is 17.2 Å². The van der Waals surface area contributed by atoms with E-state index in [9.17, 15) is 5.11 Å². The highest BCUT2D eigenvalue weighted by molar-refractivity contribution is 5.86. The highest BCUT2D eigenvalue weighted by Gasteiger charge is 2.22. The van der Waals surface area contributed by atoms with Gasteiger partial charge < -0.3 is 19.9 Å². The summed E-state index contributed by atoms with van der Waals surface area (Å²) >= 11 is 0. The summed E-state index contributed by atoms with van der Waals surface area (Å²) in [5, 5.41) is 15.4. The summed E-state index contributed by atoms with van der Waals surface area (Å²) < 4.78 is 11.2. The summed E-state index contributed by atoms with van der Waals surface area (Å²) in [5.74, 6) is 2.01. The molecule has 1 atom stereocenters. The Kier molecular flexibility index (Phi) is 5.98. The molecule has 2 aromatic heterocycles. The van der Waals surface area contributed by atoms with Crippen LogP contribution in [0.2, 0.25) is 0 Å². The molecular weight excluding hydrogens is 390 g/mol. The van der Waals surface area contributed by atoms with Crippen LogP contribution in [-0.2, 0) is 0 Å². The number of fused-ring (bicyclic) bond motifs is 1. The van der Waals surface area contributed by atoms with Gasteiger partial charge in [-0.25, -0.2) is 4.98 Å². The minimum Gasteiger partial charge on any atom is -0.505 e. The normalized spacial score (nSPS) is 11.6. The second-order valence-corrected chi connectivity index (χ2v) is 6.88. The quantitative estimate of drug-likeness (QED) is 0.391. The van der Waals surface area contributed by atoms with Crippen molar-refractivity contribution >= 4 is 16.7 Å². The van der Waals surface area contributed by atoms with Gasteiger partial charge in [0, 0.05) is 23.3 Å². The Labute approximate surface area is 180 Å². The van der Waals surface area contributed by atoms with E-state index in [0.717, 1.165) is 10.9 Å². The van der Waals surface area contributed by atoms with Gasteiger partial charge in [-0.1, -0.05) is 43.0 Å². The van der Waals surface area contributed by atoms with Gasteiger partial charge in [0.1, 0.15) is 23.7 Å². The first kappa shape index (κ1) is 20.2. The van der Waals surface area contributed by atoms with Gasteiger partial charge in [0.2, 0.25) is 0 Å². The Morgan fingerprint density at radius 2 is 1.90 bits per heavy atom. The van der Waals surface area contributed by atoms with E-state index in [2.05, 4.69) is 21.9 Å². The number of nitrogens with zero attached hydrogens (tertiary/aromatic N) is 2. The fraction of sp³-hybridized carbons (Fsp3) is 0.120. The van der Waals surface area contributed by atoms with E-state index in [1.54, 1.807) is 25.6 Å². The summed E-state index contributed by atoms with van der Waals surface area (Å²) in [6.07, 6.45) is 5.06. The lowest BCUT2D eigenvalue weighted by Gasteiger charge is -2.23. The monoisotopic (exact) mass is 413 g/mol. The number of anilines is 1. The highest BCUT2D eigenvalue weighted by atomic mass is 16.5. The molecule has 0 radical (unpaired) electrons. The first-order chi connectivity index (χ1) is 15.2. The molecule has 2 heterocycles.